The Morgan fingerprint density at radius 3 is 2.90 bits per heavy atom. The first-order valence-corrected chi connectivity index (χ1v) is 7.34. The van der Waals surface area contributed by atoms with Crippen LogP contribution in [0.4, 0.5) is 5.82 Å². The highest BCUT2D eigenvalue weighted by atomic mass is 15.3. The summed E-state index contributed by atoms with van der Waals surface area (Å²) in [5.41, 5.74) is 1.79. The molecule has 2 aromatic rings. The van der Waals surface area contributed by atoms with Gasteiger partial charge in [-0.05, 0) is 19.3 Å². The number of nitrogens with zero attached hydrogens (tertiary/aromatic N) is 6. The highest BCUT2D eigenvalue weighted by molar-refractivity contribution is 5.41. The molecule has 6 heteroatoms. The minimum Gasteiger partial charge on any atom is -0.354 e. The molecule has 1 saturated heterocycles. The fraction of sp³-hybridized carbons (Fsp3) is 0.467. The minimum absolute atomic E-state index is 0.312. The van der Waals surface area contributed by atoms with E-state index in [0.29, 0.717) is 17.5 Å². The molecular weight excluding hydrogens is 264 g/mol. The zero-order valence-corrected chi connectivity index (χ0v) is 11.7. The monoisotopic (exact) mass is 280 g/mol. The van der Waals surface area contributed by atoms with Gasteiger partial charge < -0.3 is 4.90 Å². The summed E-state index contributed by atoms with van der Waals surface area (Å²) in [5.74, 6) is 1.66. The summed E-state index contributed by atoms with van der Waals surface area (Å²) in [4.78, 5) is 11.1. The summed E-state index contributed by atoms with van der Waals surface area (Å²) in [5, 5.41) is 13.2. The van der Waals surface area contributed by atoms with Crippen LogP contribution in [0.1, 0.15) is 42.5 Å². The average molecular weight is 280 g/mol. The minimum atomic E-state index is 0.312. The van der Waals surface area contributed by atoms with Gasteiger partial charge in [-0.25, -0.2) is 9.97 Å². The second-order valence-electron chi connectivity index (χ2n) is 5.78. The van der Waals surface area contributed by atoms with Crippen LogP contribution in [0.2, 0.25) is 0 Å². The maximum atomic E-state index is 8.88. The van der Waals surface area contributed by atoms with Gasteiger partial charge in [0.15, 0.2) is 0 Å². The van der Waals surface area contributed by atoms with Gasteiger partial charge in [-0.3, -0.25) is 4.68 Å². The van der Waals surface area contributed by atoms with Crippen LogP contribution < -0.4 is 4.90 Å². The van der Waals surface area contributed by atoms with Gasteiger partial charge in [0, 0.05) is 37.0 Å². The molecule has 0 N–H and O–H groups in total. The van der Waals surface area contributed by atoms with Gasteiger partial charge in [0.1, 0.15) is 18.2 Å². The van der Waals surface area contributed by atoms with Crippen molar-refractivity contribution in [3.05, 3.63) is 36.0 Å². The summed E-state index contributed by atoms with van der Waals surface area (Å²) < 4.78 is 1.90. The van der Waals surface area contributed by atoms with Gasteiger partial charge in [0.25, 0.3) is 0 Å². The second-order valence-corrected chi connectivity index (χ2v) is 5.78. The van der Waals surface area contributed by atoms with Crippen molar-refractivity contribution in [2.75, 3.05) is 18.0 Å². The van der Waals surface area contributed by atoms with Gasteiger partial charge in [-0.2, -0.15) is 10.4 Å². The van der Waals surface area contributed by atoms with E-state index >= 15 is 0 Å². The van der Waals surface area contributed by atoms with E-state index in [4.69, 9.17) is 5.26 Å². The molecular formula is C15H16N6. The molecule has 0 radical (unpaired) electrons. The van der Waals surface area contributed by atoms with Gasteiger partial charge >= 0.3 is 0 Å². The van der Waals surface area contributed by atoms with Gasteiger partial charge in [-0.15, -0.1) is 0 Å². The molecule has 6 nitrogen and oxygen atoms in total. The van der Waals surface area contributed by atoms with Crippen LogP contribution in [0, 0.1) is 11.3 Å². The third-order valence-electron chi connectivity index (χ3n) is 4.26. The van der Waals surface area contributed by atoms with Crippen LogP contribution >= 0.6 is 0 Å². The predicted octanol–water partition coefficient (Wildman–Crippen LogP) is 1.87. The van der Waals surface area contributed by atoms with Crippen molar-refractivity contribution in [2.45, 2.75) is 31.2 Å². The van der Waals surface area contributed by atoms with Crippen LogP contribution in [-0.4, -0.2) is 32.8 Å². The Bertz CT molecular complexity index is 696. The Labute approximate surface area is 123 Å². The Hall–Kier alpha value is -2.42. The predicted molar refractivity (Wildman–Crippen MR) is 76.8 cm³/mol. The summed E-state index contributed by atoms with van der Waals surface area (Å²) in [6, 6.07) is 4.56. The molecule has 4 rings (SSSR count). The van der Waals surface area contributed by atoms with Crippen LogP contribution in [0.25, 0.3) is 0 Å². The van der Waals surface area contributed by atoms with E-state index in [0.717, 1.165) is 25.3 Å². The van der Waals surface area contributed by atoms with E-state index in [1.807, 2.05) is 10.9 Å². The smallest absolute Gasteiger partial charge is 0.132 e. The van der Waals surface area contributed by atoms with E-state index in [1.54, 1.807) is 12.5 Å². The fourth-order valence-corrected chi connectivity index (χ4v) is 2.90. The standard InChI is InChI=1S/C15H16N6/c16-6-11-7-19-21(8-11)13-3-4-20(9-13)15-5-14(12-1-2-12)17-10-18-15/h5,7-8,10,12-13H,1-4,9H2. The van der Waals surface area contributed by atoms with E-state index in [1.165, 1.54) is 18.5 Å². The van der Waals surface area contributed by atoms with E-state index in [9.17, 15) is 0 Å². The Balaban J connectivity index is 1.50. The molecule has 1 atom stereocenters. The van der Waals surface area contributed by atoms with Gasteiger partial charge in [0.05, 0.1) is 17.8 Å². The second kappa shape index (κ2) is 4.85. The van der Waals surface area contributed by atoms with Crippen LogP contribution in [0.3, 0.4) is 0 Å². The molecule has 2 fully saturated rings. The molecule has 21 heavy (non-hydrogen) atoms. The maximum absolute atomic E-state index is 8.88. The number of hydrogen-bond donors (Lipinski definition) is 0. The third kappa shape index (κ3) is 2.35. The Morgan fingerprint density at radius 2 is 2.14 bits per heavy atom. The summed E-state index contributed by atoms with van der Waals surface area (Å²) >= 11 is 0. The zero-order chi connectivity index (χ0) is 14.2. The van der Waals surface area contributed by atoms with Crippen molar-refractivity contribution < 1.29 is 0 Å². The molecule has 106 valence electrons. The van der Waals surface area contributed by atoms with E-state index in [-0.39, 0.29) is 0 Å². The summed E-state index contributed by atoms with van der Waals surface area (Å²) in [7, 11) is 0. The molecule has 3 heterocycles. The number of nitriles is 1. The molecule has 1 aliphatic carbocycles. The van der Waals surface area contributed by atoms with Crippen molar-refractivity contribution in [3.63, 3.8) is 0 Å². The van der Waals surface area contributed by atoms with Crippen LogP contribution in [0.5, 0.6) is 0 Å². The van der Waals surface area contributed by atoms with Crippen molar-refractivity contribution >= 4 is 5.82 Å². The van der Waals surface area contributed by atoms with E-state index in [2.05, 4.69) is 32.1 Å². The highest BCUT2D eigenvalue weighted by Gasteiger charge is 2.28. The topological polar surface area (TPSA) is 70.6 Å². The quantitative estimate of drug-likeness (QED) is 0.858. The molecule has 1 saturated carbocycles. The molecule has 1 aliphatic heterocycles. The molecule has 0 spiro atoms. The van der Waals surface area contributed by atoms with E-state index < -0.39 is 0 Å². The summed E-state index contributed by atoms with van der Waals surface area (Å²) in [6.45, 7) is 1.85. The first-order chi connectivity index (χ1) is 10.3. The van der Waals surface area contributed by atoms with Gasteiger partial charge in [-0.1, -0.05) is 0 Å². The maximum Gasteiger partial charge on any atom is 0.132 e. The molecule has 1 unspecified atom stereocenters. The average Bonchev–Trinajstić information content (AvgIpc) is 3.07. The Morgan fingerprint density at radius 1 is 1.24 bits per heavy atom. The van der Waals surface area contributed by atoms with Crippen molar-refractivity contribution in [3.8, 4) is 6.07 Å². The first-order valence-electron chi connectivity index (χ1n) is 7.34. The normalized spacial score (nSPS) is 21.5. The van der Waals surface area contributed by atoms with Crippen molar-refractivity contribution in [2.24, 2.45) is 0 Å². The number of hydrogen-bond acceptors (Lipinski definition) is 5. The SMILES string of the molecule is N#Cc1cnn(C2CCN(c3cc(C4CC4)ncn3)C2)c1. The lowest BCUT2D eigenvalue weighted by Gasteiger charge is -2.18. The molecule has 0 amide bonds. The summed E-state index contributed by atoms with van der Waals surface area (Å²) in [6.07, 6.45) is 8.66. The molecule has 0 bridgehead atoms. The lowest BCUT2D eigenvalue weighted by atomic mass is 10.2. The number of anilines is 1. The Kier molecular flexibility index (Phi) is 2.85. The molecule has 0 aromatic carbocycles. The van der Waals surface area contributed by atoms with Crippen LogP contribution in [-0.2, 0) is 0 Å². The lowest BCUT2D eigenvalue weighted by Crippen LogP contribution is -2.22. The fourth-order valence-electron chi connectivity index (χ4n) is 2.90. The van der Waals surface area contributed by atoms with Gasteiger partial charge in [0.2, 0.25) is 0 Å². The van der Waals surface area contributed by atoms with Crippen molar-refractivity contribution in [1.82, 2.24) is 19.7 Å². The zero-order valence-electron chi connectivity index (χ0n) is 11.7. The van der Waals surface area contributed by atoms with Crippen molar-refractivity contribution in [1.29, 1.82) is 5.26 Å². The number of rotatable bonds is 3. The largest absolute Gasteiger partial charge is 0.354 e. The number of aromatic nitrogens is 4. The highest BCUT2D eigenvalue weighted by Crippen LogP contribution is 2.39. The van der Waals surface area contributed by atoms with Crippen LogP contribution in [0.15, 0.2) is 24.8 Å². The lowest BCUT2D eigenvalue weighted by molar-refractivity contribution is 0.494. The first kappa shape index (κ1) is 12.3. The molecule has 2 aromatic heterocycles. The molecule has 2 aliphatic rings. The third-order valence-corrected chi connectivity index (χ3v) is 4.26.